The lowest BCUT2D eigenvalue weighted by Crippen LogP contribution is -2.47. The lowest BCUT2D eigenvalue weighted by molar-refractivity contribution is 0.0806. The van der Waals surface area contributed by atoms with E-state index >= 15 is 0 Å². The number of ether oxygens (including phenoxy) is 1. The van der Waals surface area contributed by atoms with Gasteiger partial charge in [-0.25, -0.2) is 4.39 Å². The van der Waals surface area contributed by atoms with Crippen molar-refractivity contribution in [1.82, 2.24) is 4.90 Å². The predicted molar refractivity (Wildman–Crippen MR) is 139 cm³/mol. The summed E-state index contributed by atoms with van der Waals surface area (Å²) < 4.78 is 20.6. The van der Waals surface area contributed by atoms with Crippen LogP contribution in [0.4, 0.5) is 4.39 Å². The standard InChI is InChI=1S/C29H28FNO3S/c1-3-19-16-31(17-19)12-13-34-23-8-4-20(5-9-23)28(33)27-24-10-7-22(32)15-26(24)35-29(27)21-6-11-25(30)18(2)14-21/h4-11,14-15,19,32H,3,12-13,16-17H2,1-2H3. The predicted octanol–water partition coefficient (Wildman–Crippen LogP) is 6.67. The zero-order chi connectivity index (χ0) is 24.5. The minimum Gasteiger partial charge on any atom is -0.508 e. The molecular weight excluding hydrogens is 461 g/mol. The van der Waals surface area contributed by atoms with E-state index in [9.17, 15) is 14.3 Å². The maximum atomic E-state index is 13.9. The van der Waals surface area contributed by atoms with Crippen LogP contribution in [-0.2, 0) is 0 Å². The number of thiophene rings is 1. The number of rotatable bonds is 8. The van der Waals surface area contributed by atoms with Gasteiger partial charge in [-0.3, -0.25) is 9.69 Å². The van der Waals surface area contributed by atoms with Crippen molar-refractivity contribution < 1.29 is 19.0 Å². The molecule has 2 heterocycles. The highest BCUT2D eigenvalue weighted by Crippen LogP contribution is 2.41. The summed E-state index contributed by atoms with van der Waals surface area (Å²) in [4.78, 5) is 16.9. The molecule has 35 heavy (non-hydrogen) atoms. The number of ketones is 1. The first kappa shape index (κ1) is 23.5. The number of hydrogen-bond donors (Lipinski definition) is 1. The van der Waals surface area contributed by atoms with E-state index in [1.54, 1.807) is 49.4 Å². The van der Waals surface area contributed by atoms with Crippen molar-refractivity contribution in [2.24, 2.45) is 5.92 Å². The van der Waals surface area contributed by atoms with Gasteiger partial charge in [0.1, 0.15) is 23.9 Å². The Hall–Kier alpha value is -3.22. The van der Waals surface area contributed by atoms with Crippen molar-refractivity contribution >= 4 is 27.2 Å². The molecule has 0 unspecified atom stereocenters. The molecule has 1 fully saturated rings. The van der Waals surface area contributed by atoms with E-state index in [0.717, 1.165) is 51.8 Å². The summed E-state index contributed by atoms with van der Waals surface area (Å²) in [5.74, 6) is 1.31. The normalized spacial score (nSPS) is 14.3. The minimum atomic E-state index is -0.282. The summed E-state index contributed by atoms with van der Waals surface area (Å²) in [6, 6.07) is 17.1. The number of benzene rings is 3. The quantitative estimate of drug-likeness (QED) is 0.281. The van der Waals surface area contributed by atoms with Gasteiger partial charge in [-0.1, -0.05) is 19.4 Å². The molecule has 1 aliphatic heterocycles. The van der Waals surface area contributed by atoms with Gasteiger partial charge in [-0.05, 0) is 78.6 Å². The van der Waals surface area contributed by atoms with Gasteiger partial charge in [-0.2, -0.15) is 0 Å². The molecule has 1 aromatic heterocycles. The highest BCUT2D eigenvalue weighted by molar-refractivity contribution is 7.22. The highest BCUT2D eigenvalue weighted by Gasteiger charge is 2.24. The Morgan fingerprint density at radius 3 is 2.60 bits per heavy atom. The lowest BCUT2D eigenvalue weighted by Gasteiger charge is -2.38. The van der Waals surface area contributed by atoms with Crippen molar-refractivity contribution in [3.63, 3.8) is 0 Å². The van der Waals surface area contributed by atoms with Gasteiger partial charge in [0, 0.05) is 45.7 Å². The van der Waals surface area contributed by atoms with Crippen LogP contribution in [-0.4, -0.2) is 42.0 Å². The zero-order valence-corrected chi connectivity index (χ0v) is 20.7. The van der Waals surface area contributed by atoms with E-state index in [1.807, 2.05) is 12.1 Å². The molecule has 0 bridgehead atoms. The molecule has 1 aliphatic rings. The molecule has 0 aliphatic carbocycles. The molecule has 0 spiro atoms. The fraction of sp³-hybridized carbons (Fsp3) is 0.276. The van der Waals surface area contributed by atoms with Crippen LogP contribution in [0.5, 0.6) is 11.5 Å². The van der Waals surface area contributed by atoms with Crippen LogP contribution in [0.3, 0.4) is 0 Å². The molecular formula is C29H28FNO3S. The largest absolute Gasteiger partial charge is 0.508 e. The van der Waals surface area contributed by atoms with Crippen LogP contribution in [0, 0.1) is 18.7 Å². The summed E-state index contributed by atoms with van der Waals surface area (Å²) in [5.41, 5.74) is 2.42. The average molecular weight is 490 g/mol. The molecule has 5 rings (SSSR count). The number of phenols is 1. The Morgan fingerprint density at radius 1 is 1.11 bits per heavy atom. The number of likely N-dealkylation sites (tertiary alicyclic amines) is 1. The van der Waals surface area contributed by atoms with Crippen molar-refractivity contribution in [3.8, 4) is 21.9 Å². The highest BCUT2D eigenvalue weighted by atomic mass is 32.1. The first-order valence-electron chi connectivity index (χ1n) is 11.9. The smallest absolute Gasteiger partial charge is 0.195 e. The molecule has 0 atom stereocenters. The first-order chi connectivity index (χ1) is 16.9. The van der Waals surface area contributed by atoms with Crippen LogP contribution < -0.4 is 4.74 Å². The summed E-state index contributed by atoms with van der Waals surface area (Å²) in [7, 11) is 0. The molecule has 1 saturated heterocycles. The Balaban J connectivity index is 1.39. The summed E-state index contributed by atoms with van der Waals surface area (Å²) in [6.45, 7) is 7.77. The van der Waals surface area contributed by atoms with Gasteiger partial charge in [0.05, 0.1) is 0 Å². The van der Waals surface area contributed by atoms with E-state index in [0.29, 0.717) is 23.3 Å². The maximum Gasteiger partial charge on any atom is 0.195 e. The van der Waals surface area contributed by atoms with Gasteiger partial charge in [0.2, 0.25) is 0 Å². The van der Waals surface area contributed by atoms with E-state index in [1.165, 1.54) is 23.8 Å². The summed E-state index contributed by atoms with van der Waals surface area (Å²) in [5, 5.41) is 10.7. The third-order valence-corrected chi connectivity index (χ3v) is 7.93. The van der Waals surface area contributed by atoms with Crippen LogP contribution in [0.25, 0.3) is 20.5 Å². The monoisotopic (exact) mass is 489 g/mol. The Kier molecular flexibility index (Phi) is 6.58. The Morgan fingerprint density at radius 2 is 1.89 bits per heavy atom. The first-order valence-corrected chi connectivity index (χ1v) is 12.8. The number of nitrogens with zero attached hydrogens (tertiary/aromatic N) is 1. The number of aryl methyl sites for hydroxylation is 1. The van der Waals surface area contributed by atoms with Crippen LogP contribution in [0.1, 0.15) is 34.8 Å². The van der Waals surface area contributed by atoms with Gasteiger partial charge in [0.15, 0.2) is 5.78 Å². The SMILES string of the molecule is CCC1CN(CCOc2ccc(C(=O)c3c(-c4ccc(F)c(C)c4)sc4cc(O)ccc34)cc2)C1. The lowest BCUT2D eigenvalue weighted by atomic mass is 9.97. The van der Waals surface area contributed by atoms with Crippen molar-refractivity contribution in [2.45, 2.75) is 20.3 Å². The van der Waals surface area contributed by atoms with E-state index in [4.69, 9.17) is 4.74 Å². The third-order valence-electron chi connectivity index (χ3n) is 6.72. The molecule has 0 amide bonds. The van der Waals surface area contributed by atoms with Crippen molar-refractivity contribution in [3.05, 3.63) is 83.2 Å². The number of carbonyl (C=O) groups is 1. The number of carbonyl (C=O) groups excluding carboxylic acids is 1. The molecule has 3 aromatic carbocycles. The molecule has 6 heteroatoms. The second kappa shape index (κ2) is 9.80. The number of phenolic OH excluding ortho intramolecular Hbond substituents is 1. The minimum absolute atomic E-state index is 0.114. The molecule has 1 N–H and O–H groups in total. The Labute approximate surface area is 208 Å². The molecule has 180 valence electrons. The second-order valence-corrected chi connectivity index (χ2v) is 10.2. The number of halogens is 1. The van der Waals surface area contributed by atoms with E-state index in [2.05, 4.69) is 11.8 Å². The van der Waals surface area contributed by atoms with Gasteiger partial charge >= 0.3 is 0 Å². The molecule has 4 nitrogen and oxygen atoms in total. The Bertz CT molecular complexity index is 1370. The summed E-state index contributed by atoms with van der Waals surface area (Å²) >= 11 is 1.42. The van der Waals surface area contributed by atoms with Crippen molar-refractivity contribution in [2.75, 3.05) is 26.2 Å². The van der Waals surface area contributed by atoms with Gasteiger partial charge in [-0.15, -0.1) is 11.3 Å². The maximum absolute atomic E-state index is 13.9. The topological polar surface area (TPSA) is 49.8 Å². The second-order valence-electron chi connectivity index (χ2n) is 9.19. The van der Waals surface area contributed by atoms with Crippen LogP contribution >= 0.6 is 11.3 Å². The van der Waals surface area contributed by atoms with Gasteiger partial charge < -0.3 is 9.84 Å². The average Bonchev–Trinajstić information content (AvgIpc) is 3.20. The summed E-state index contributed by atoms with van der Waals surface area (Å²) in [6.07, 6.45) is 1.23. The van der Waals surface area contributed by atoms with Crippen molar-refractivity contribution in [1.29, 1.82) is 0 Å². The fourth-order valence-corrected chi connectivity index (χ4v) is 5.79. The number of aromatic hydroxyl groups is 1. The number of fused-ring (bicyclic) bond motifs is 1. The van der Waals surface area contributed by atoms with Crippen LogP contribution in [0.2, 0.25) is 0 Å². The van der Waals surface area contributed by atoms with Gasteiger partial charge in [0.25, 0.3) is 0 Å². The van der Waals surface area contributed by atoms with E-state index < -0.39 is 0 Å². The van der Waals surface area contributed by atoms with E-state index in [-0.39, 0.29) is 17.3 Å². The number of hydrogen-bond acceptors (Lipinski definition) is 5. The zero-order valence-electron chi connectivity index (χ0n) is 19.9. The third kappa shape index (κ3) is 4.81. The molecule has 4 aromatic rings. The van der Waals surface area contributed by atoms with Crippen LogP contribution in [0.15, 0.2) is 60.7 Å². The molecule has 0 radical (unpaired) electrons. The fourth-order valence-electron chi connectivity index (χ4n) is 4.56. The molecule has 0 saturated carbocycles.